The van der Waals surface area contributed by atoms with E-state index in [0.29, 0.717) is 22.6 Å². The third kappa shape index (κ3) is 3.39. The number of allylic oxidation sites excluding steroid dienone is 1. The van der Waals surface area contributed by atoms with Gasteiger partial charge in [0.05, 0.1) is 17.6 Å². The minimum atomic E-state index is -0.803. The van der Waals surface area contributed by atoms with Gasteiger partial charge in [-0.2, -0.15) is 0 Å². The standard InChI is InChI=1S/C16H15NO6/c1-9-6-12(10(2)23-9)14(18)5-4-11-7-13(17(20)21)16(19)15(8-11)22-3/h4-8,19H,1-3H3/p-1/b5-4+. The second kappa shape index (κ2) is 6.35. The lowest BCUT2D eigenvalue weighted by atomic mass is 10.1. The summed E-state index contributed by atoms with van der Waals surface area (Å²) in [7, 11) is 1.25. The predicted molar refractivity (Wildman–Crippen MR) is 80.6 cm³/mol. The van der Waals surface area contributed by atoms with Gasteiger partial charge >= 0.3 is 0 Å². The number of nitro benzene ring substituents is 1. The lowest BCUT2D eigenvalue weighted by Crippen LogP contribution is -2.01. The fourth-order valence-corrected chi connectivity index (χ4v) is 2.13. The number of hydrogen-bond donors (Lipinski definition) is 0. The van der Waals surface area contributed by atoms with Gasteiger partial charge in [-0.15, -0.1) is 0 Å². The summed E-state index contributed by atoms with van der Waals surface area (Å²) in [5.41, 5.74) is 0.131. The average molecular weight is 316 g/mol. The summed E-state index contributed by atoms with van der Waals surface area (Å²) in [5.74, 6) is -0.140. The van der Waals surface area contributed by atoms with Crippen LogP contribution in [0.5, 0.6) is 11.5 Å². The lowest BCUT2D eigenvalue weighted by molar-refractivity contribution is -0.398. The SMILES string of the molecule is COc1cc(/C=C/C(=O)c2cc(C)oc2C)cc([N+](=O)[O-])c1[O-]. The van der Waals surface area contributed by atoms with Crippen molar-refractivity contribution < 1.29 is 24.0 Å². The van der Waals surface area contributed by atoms with Gasteiger partial charge in [-0.25, -0.2) is 0 Å². The van der Waals surface area contributed by atoms with E-state index < -0.39 is 16.4 Å². The van der Waals surface area contributed by atoms with Crippen LogP contribution in [-0.2, 0) is 0 Å². The molecule has 0 saturated carbocycles. The monoisotopic (exact) mass is 316 g/mol. The Hall–Kier alpha value is -3.09. The van der Waals surface area contributed by atoms with Crippen LogP contribution in [0, 0.1) is 24.0 Å². The summed E-state index contributed by atoms with van der Waals surface area (Å²) in [5, 5.41) is 22.6. The Morgan fingerprint density at radius 1 is 1.30 bits per heavy atom. The number of ketones is 1. The Kier molecular flexibility index (Phi) is 4.49. The molecule has 0 bridgehead atoms. The van der Waals surface area contributed by atoms with Gasteiger partial charge in [-0.05, 0) is 37.6 Å². The van der Waals surface area contributed by atoms with Crippen LogP contribution in [0.15, 0.2) is 28.7 Å². The van der Waals surface area contributed by atoms with Crippen molar-refractivity contribution in [2.45, 2.75) is 13.8 Å². The van der Waals surface area contributed by atoms with E-state index >= 15 is 0 Å². The van der Waals surface area contributed by atoms with Crippen molar-refractivity contribution in [3.8, 4) is 11.5 Å². The molecule has 23 heavy (non-hydrogen) atoms. The molecular formula is C16H14NO6-. The summed E-state index contributed by atoms with van der Waals surface area (Å²) in [6.45, 7) is 3.41. The van der Waals surface area contributed by atoms with Gasteiger partial charge in [-0.1, -0.05) is 6.08 Å². The summed E-state index contributed by atoms with van der Waals surface area (Å²) in [4.78, 5) is 22.2. The van der Waals surface area contributed by atoms with Crippen molar-refractivity contribution in [1.29, 1.82) is 0 Å². The summed E-state index contributed by atoms with van der Waals surface area (Å²) in [6, 6.07) is 4.06. The molecule has 0 radical (unpaired) electrons. The molecule has 0 aliphatic rings. The number of methoxy groups -OCH3 is 1. The second-order valence-corrected chi connectivity index (χ2v) is 4.85. The van der Waals surface area contributed by atoms with E-state index in [2.05, 4.69) is 0 Å². The lowest BCUT2D eigenvalue weighted by Gasteiger charge is -2.13. The van der Waals surface area contributed by atoms with Gasteiger partial charge in [0.15, 0.2) is 5.78 Å². The summed E-state index contributed by atoms with van der Waals surface area (Å²) < 4.78 is 10.1. The fraction of sp³-hybridized carbons (Fsp3) is 0.188. The van der Waals surface area contributed by atoms with Crippen molar-refractivity contribution in [2.24, 2.45) is 0 Å². The van der Waals surface area contributed by atoms with E-state index in [1.807, 2.05) is 0 Å². The maximum Gasteiger partial charge on any atom is 0.266 e. The molecule has 0 spiro atoms. The van der Waals surface area contributed by atoms with Crippen LogP contribution in [0.3, 0.4) is 0 Å². The van der Waals surface area contributed by atoms with Gasteiger partial charge in [0.1, 0.15) is 17.3 Å². The Bertz CT molecular complexity index is 803. The molecule has 0 unspecified atom stereocenters. The first-order valence-corrected chi connectivity index (χ1v) is 6.66. The van der Waals surface area contributed by atoms with E-state index in [1.165, 1.54) is 25.3 Å². The first-order valence-electron chi connectivity index (χ1n) is 6.66. The van der Waals surface area contributed by atoms with Gasteiger partial charge < -0.3 is 14.3 Å². The molecule has 0 aliphatic carbocycles. The first kappa shape index (κ1) is 16.3. The molecule has 0 fully saturated rings. The number of aryl methyl sites for hydroxylation is 2. The predicted octanol–water partition coefficient (Wildman–Crippen LogP) is 2.78. The molecule has 2 aromatic rings. The van der Waals surface area contributed by atoms with E-state index in [0.717, 1.165) is 6.07 Å². The number of nitro groups is 1. The Labute approximate surface area is 132 Å². The van der Waals surface area contributed by atoms with Gasteiger partial charge in [0, 0.05) is 11.8 Å². The third-order valence-corrected chi connectivity index (χ3v) is 3.21. The van der Waals surface area contributed by atoms with Crippen LogP contribution in [0.25, 0.3) is 6.08 Å². The number of ether oxygens (including phenoxy) is 1. The van der Waals surface area contributed by atoms with E-state index in [9.17, 15) is 20.0 Å². The largest absolute Gasteiger partial charge is 0.865 e. The highest BCUT2D eigenvalue weighted by Crippen LogP contribution is 2.34. The Morgan fingerprint density at radius 2 is 2.00 bits per heavy atom. The maximum atomic E-state index is 12.1. The van der Waals surface area contributed by atoms with Crippen LogP contribution in [0.2, 0.25) is 0 Å². The van der Waals surface area contributed by atoms with E-state index in [-0.39, 0.29) is 11.5 Å². The second-order valence-electron chi connectivity index (χ2n) is 4.85. The molecule has 0 aliphatic heterocycles. The molecule has 7 heteroatoms. The molecule has 2 rings (SSSR count). The third-order valence-electron chi connectivity index (χ3n) is 3.21. The molecule has 7 nitrogen and oxygen atoms in total. The van der Waals surface area contributed by atoms with E-state index in [4.69, 9.17) is 9.15 Å². The van der Waals surface area contributed by atoms with Crippen molar-refractivity contribution in [3.05, 3.63) is 57.0 Å². The van der Waals surface area contributed by atoms with Crippen molar-refractivity contribution in [1.82, 2.24) is 0 Å². The van der Waals surface area contributed by atoms with Crippen molar-refractivity contribution >= 4 is 17.5 Å². The average Bonchev–Trinajstić information content (AvgIpc) is 2.84. The quantitative estimate of drug-likeness (QED) is 0.363. The number of nitrogens with zero attached hydrogens (tertiary/aromatic N) is 1. The van der Waals surface area contributed by atoms with Crippen LogP contribution in [-0.4, -0.2) is 17.8 Å². The molecule has 0 N–H and O–H groups in total. The van der Waals surface area contributed by atoms with Gasteiger partial charge in [0.2, 0.25) is 0 Å². The van der Waals surface area contributed by atoms with Crippen molar-refractivity contribution in [3.63, 3.8) is 0 Å². The number of carbonyl (C=O) groups excluding carboxylic acids is 1. The molecule has 1 aromatic carbocycles. The summed E-state index contributed by atoms with van der Waals surface area (Å²) >= 11 is 0. The highest BCUT2D eigenvalue weighted by atomic mass is 16.6. The first-order chi connectivity index (χ1) is 10.8. The molecule has 1 aromatic heterocycles. The molecule has 0 amide bonds. The van der Waals surface area contributed by atoms with Crippen LogP contribution in [0.1, 0.15) is 27.4 Å². The molecular weight excluding hydrogens is 302 g/mol. The van der Waals surface area contributed by atoms with Crippen molar-refractivity contribution in [2.75, 3.05) is 7.11 Å². The topological polar surface area (TPSA) is 106 Å². The minimum absolute atomic E-state index is 0.151. The molecule has 0 saturated heterocycles. The smallest absolute Gasteiger partial charge is 0.266 e. The zero-order valence-corrected chi connectivity index (χ0v) is 12.8. The fourth-order valence-electron chi connectivity index (χ4n) is 2.13. The maximum absolute atomic E-state index is 12.1. The van der Waals surface area contributed by atoms with Crippen LogP contribution >= 0.6 is 0 Å². The Balaban J connectivity index is 2.36. The highest BCUT2D eigenvalue weighted by molar-refractivity contribution is 6.07. The zero-order chi connectivity index (χ0) is 17.1. The number of hydrogen-bond acceptors (Lipinski definition) is 6. The number of carbonyl (C=O) groups is 1. The Morgan fingerprint density at radius 3 is 2.52 bits per heavy atom. The summed E-state index contributed by atoms with van der Waals surface area (Å²) in [6.07, 6.45) is 2.65. The minimum Gasteiger partial charge on any atom is -0.865 e. The molecule has 1 heterocycles. The molecule has 0 atom stereocenters. The van der Waals surface area contributed by atoms with E-state index in [1.54, 1.807) is 19.9 Å². The highest BCUT2D eigenvalue weighted by Gasteiger charge is 2.14. The van der Waals surface area contributed by atoms with Crippen LogP contribution in [0.4, 0.5) is 5.69 Å². The van der Waals surface area contributed by atoms with Gasteiger partial charge in [-0.3, -0.25) is 14.9 Å². The van der Waals surface area contributed by atoms with Gasteiger partial charge in [0.25, 0.3) is 5.69 Å². The zero-order valence-electron chi connectivity index (χ0n) is 12.8. The number of rotatable bonds is 5. The normalized spacial score (nSPS) is 10.9. The molecule has 120 valence electrons. The van der Waals surface area contributed by atoms with Crippen LogP contribution < -0.4 is 9.84 Å². The number of furan rings is 1. The number of benzene rings is 1.